The summed E-state index contributed by atoms with van der Waals surface area (Å²) < 4.78 is 0. The Morgan fingerprint density at radius 1 is 1.48 bits per heavy atom. The first-order valence-corrected chi connectivity index (χ1v) is 8.61. The molecule has 0 fully saturated rings. The summed E-state index contributed by atoms with van der Waals surface area (Å²) in [7, 11) is 0. The molecule has 0 atom stereocenters. The Morgan fingerprint density at radius 3 is 3.24 bits per heavy atom. The number of rotatable bonds is 5. The van der Waals surface area contributed by atoms with Gasteiger partial charge in [0.15, 0.2) is 0 Å². The molecule has 2 aromatic heterocycles. The fraction of sp³-hybridized carbons (Fsp3) is 0.429. The standard InChI is InChI=1S/C14H14N4OS2/c15-5-2-6-16-11(19)7-20-13-12-9-3-1-4-10(9)21-14(12)18-8-17-13/h8H,1-4,6-7H2,(H,16,19). The molecule has 0 saturated carbocycles. The number of hydrogen-bond donors (Lipinski definition) is 1. The van der Waals surface area contributed by atoms with Crippen LogP contribution in [0.2, 0.25) is 0 Å². The number of amides is 1. The number of thioether (sulfide) groups is 1. The lowest BCUT2D eigenvalue weighted by Crippen LogP contribution is -2.25. The smallest absolute Gasteiger partial charge is 0.230 e. The maximum atomic E-state index is 11.7. The summed E-state index contributed by atoms with van der Waals surface area (Å²) >= 11 is 3.20. The van der Waals surface area contributed by atoms with E-state index in [4.69, 9.17) is 5.26 Å². The van der Waals surface area contributed by atoms with Crippen LogP contribution < -0.4 is 5.32 Å². The minimum atomic E-state index is -0.0612. The number of aryl methyl sites for hydroxylation is 2. The van der Waals surface area contributed by atoms with Gasteiger partial charge < -0.3 is 5.32 Å². The zero-order valence-corrected chi connectivity index (χ0v) is 13.0. The first-order valence-electron chi connectivity index (χ1n) is 6.81. The lowest BCUT2D eigenvalue weighted by Gasteiger charge is -2.04. The van der Waals surface area contributed by atoms with Gasteiger partial charge in [-0.25, -0.2) is 9.97 Å². The van der Waals surface area contributed by atoms with Crippen molar-refractivity contribution in [1.82, 2.24) is 15.3 Å². The summed E-state index contributed by atoms with van der Waals surface area (Å²) in [6.07, 6.45) is 5.33. The van der Waals surface area contributed by atoms with E-state index in [2.05, 4.69) is 15.3 Å². The van der Waals surface area contributed by atoms with Crippen LogP contribution in [0.25, 0.3) is 10.2 Å². The Labute approximate surface area is 130 Å². The van der Waals surface area contributed by atoms with E-state index in [-0.39, 0.29) is 5.91 Å². The van der Waals surface area contributed by atoms with Crippen molar-refractivity contribution in [3.05, 3.63) is 16.8 Å². The summed E-state index contributed by atoms with van der Waals surface area (Å²) in [5.74, 6) is 0.260. The van der Waals surface area contributed by atoms with Crippen LogP contribution in [0.3, 0.4) is 0 Å². The van der Waals surface area contributed by atoms with Crippen LogP contribution in [0.1, 0.15) is 23.3 Å². The van der Waals surface area contributed by atoms with Gasteiger partial charge in [-0.1, -0.05) is 11.8 Å². The van der Waals surface area contributed by atoms with Gasteiger partial charge in [0.05, 0.1) is 18.2 Å². The van der Waals surface area contributed by atoms with Crippen molar-refractivity contribution in [3.8, 4) is 6.07 Å². The normalized spacial score (nSPS) is 13.1. The van der Waals surface area contributed by atoms with Crippen LogP contribution in [0.4, 0.5) is 0 Å². The second kappa shape index (κ2) is 6.41. The van der Waals surface area contributed by atoms with E-state index in [0.717, 1.165) is 28.1 Å². The van der Waals surface area contributed by atoms with Crippen LogP contribution in [0, 0.1) is 11.3 Å². The highest BCUT2D eigenvalue weighted by atomic mass is 32.2. The van der Waals surface area contributed by atoms with E-state index in [1.54, 1.807) is 17.7 Å². The van der Waals surface area contributed by atoms with Crippen molar-refractivity contribution in [1.29, 1.82) is 5.26 Å². The highest BCUT2D eigenvalue weighted by molar-refractivity contribution is 8.00. The monoisotopic (exact) mass is 318 g/mol. The number of fused-ring (bicyclic) bond motifs is 3. The van der Waals surface area contributed by atoms with Crippen LogP contribution >= 0.6 is 23.1 Å². The van der Waals surface area contributed by atoms with Gasteiger partial charge in [0, 0.05) is 16.8 Å². The van der Waals surface area contributed by atoms with Gasteiger partial charge in [-0.05, 0) is 24.8 Å². The minimum Gasteiger partial charge on any atom is -0.354 e. The molecule has 3 rings (SSSR count). The molecule has 1 N–H and O–H groups in total. The van der Waals surface area contributed by atoms with Crippen molar-refractivity contribution in [3.63, 3.8) is 0 Å². The van der Waals surface area contributed by atoms with E-state index < -0.39 is 0 Å². The number of thiophene rings is 1. The van der Waals surface area contributed by atoms with Gasteiger partial charge in [-0.2, -0.15) is 5.26 Å². The van der Waals surface area contributed by atoms with Crippen LogP contribution in [0.5, 0.6) is 0 Å². The van der Waals surface area contributed by atoms with Crippen molar-refractivity contribution in [2.75, 3.05) is 12.3 Å². The second-order valence-corrected chi connectivity index (χ2v) is 6.81. The van der Waals surface area contributed by atoms with Gasteiger partial charge in [0.1, 0.15) is 16.2 Å². The van der Waals surface area contributed by atoms with Gasteiger partial charge >= 0.3 is 0 Å². The number of nitrogens with one attached hydrogen (secondary N) is 1. The lowest BCUT2D eigenvalue weighted by molar-refractivity contribution is -0.118. The molecule has 2 aromatic rings. The molecule has 1 aliphatic rings. The summed E-state index contributed by atoms with van der Waals surface area (Å²) in [6.45, 7) is 0.406. The fourth-order valence-electron chi connectivity index (χ4n) is 2.45. The molecular formula is C14H14N4OS2. The number of hydrogen-bond acceptors (Lipinski definition) is 6. The van der Waals surface area contributed by atoms with Crippen LogP contribution in [0.15, 0.2) is 11.4 Å². The fourth-order valence-corrected chi connectivity index (χ4v) is 4.60. The van der Waals surface area contributed by atoms with E-state index in [9.17, 15) is 4.79 Å². The molecule has 0 bridgehead atoms. The highest BCUT2D eigenvalue weighted by Crippen LogP contribution is 2.39. The van der Waals surface area contributed by atoms with Gasteiger partial charge in [0.25, 0.3) is 0 Å². The first-order chi connectivity index (χ1) is 10.3. The maximum absolute atomic E-state index is 11.7. The molecule has 1 amide bonds. The molecule has 21 heavy (non-hydrogen) atoms. The SMILES string of the molecule is N#CCCNC(=O)CSc1ncnc2sc3c(c12)CCC3. The predicted octanol–water partition coefficient (Wildman–Crippen LogP) is 2.30. The van der Waals surface area contributed by atoms with Gasteiger partial charge in [-0.15, -0.1) is 11.3 Å². The molecule has 108 valence electrons. The molecule has 0 spiro atoms. The Balaban J connectivity index is 1.73. The Kier molecular flexibility index (Phi) is 4.36. The molecule has 2 heterocycles. The minimum absolute atomic E-state index is 0.0612. The second-order valence-electron chi connectivity index (χ2n) is 4.76. The number of carbonyl (C=O) groups excluding carboxylic acids is 1. The van der Waals surface area contributed by atoms with Crippen LogP contribution in [-0.2, 0) is 17.6 Å². The number of aromatic nitrogens is 2. The van der Waals surface area contributed by atoms with E-state index in [1.807, 2.05) is 6.07 Å². The Hall–Kier alpha value is -1.65. The number of nitrogens with zero attached hydrogens (tertiary/aromatic N) is 3. The molecule has 7 heteroatoms. The third-order valence-electron chi connectivity index (χ3n) is 3.37. The third kappa shape index (κ3) is 3.01. The van der Waals surface area contributed by atoms with Gasteiger partial charge in [0.2, 0.25) is 5.91 Å². The summed E-state index contributed by atoms with van der Waals surface area (Å²) in [4.78, 5) is 22.9. The largest absolute Gasteiger partial charge is 0.354 e. The average Bonchev–Trinajstić information content (AvgIpc) is 3.05. The van der Waals surface area contributed by atoms with E-state index in [1.165, 1.54) is 28.6 Å². The molecule has 0 aliphatic heterocycles. The van der Waals surface area contributed by atoms with Gasteiger partial charge in [-0.3, -0.25) is 4.79 Å². The zero-order chi connectivity index (χ0) is 14.7. The molecular weight excluding hydrogens is 304 g/mol. The van der Waals surface area contributed by atoms with Crippen molar-refractivity contribution in [2.45, 2.75) is 30.7 Å². The average molecular weight is 318 g/mol. The summed E-state index contributed by atoms with van der Waals surface area (Å²) in [5.41, 5.74) is 1.38. The van der Waals surface area contributed by atoms with Crippen LogP contribution in [-0.4, -0.2) is 28.2 Å². The Bertz CT molecular complexity index is 720. The molecule has 5 nitrogen and oxygen atoms in total. The summed E-state index contributed by atoms with van der Waals surface area (Å²) in [6, 6.07) is 2.01. The van der Waals surface area contributed by atoms with Crippen molar-refractivity contribution < 1.29 is 4.79 Å². The molecule has 0 saturated heterocycles. The highest BCUT2D eigenvalue weighted by Gasteiger charge is 2.21. The number of nitriles is 1. The topological polar surface area (TPSA) is 78.7 Å². The molecule has 1 aliphatic carbocycles. The van der Waals surface area contributed by atoms with Crippen molar-refractivity contribution in [2.24, 2.45) is 0 Å². The third-order valence-corrected chi connectivity index (χ3v) is 5.55. The van der Waals surface area contributed by atoms with E-state index >= 15 is 0 Å². The predicted molar refractivity (Wildman–Crippen MR) is 83.4 cm³/mol. The zero-order valence-electron chi connectivity index (χ0n) is 11.4. The first kappa shape index (κ1) is 14.3. The van der Waals surface area contributed by atoms with E-state index in [0.29, 0.717) is 18.7 Å². The maximum Gasteiger partial charge on any atom is 0.230 e. The lowest BCUT2D eigenvalue weighted by atomic mass is 10.2. The number of carbonyl (C=O) groups is 1. The summed E-state index contributed by atoms with van der Waals surface area (Å²) in [5, 5.41) is 13.2. The molecule has 0 radical (unpaired) electrons. The molecule has 0 aromatic carbocycles. The molecule has 0 unspecified atom stereocenters. The Morgan fingerprint density at radius 2 is 2.38 bits per heavy atom. The van der Waals surface area contributed by atoms with Crippen molar-refractivity contribution >= 4 is 39.2 Å². The quantitative estimate of drug-likeness (QED) is 0.520.